The van der Waals surface area contributed by atoms with Crippen molar-refractivity contribution in [1.82, 2.24) is 15.0 Å². The Balaban J connectivity index is 1.11. The number of rotatable bonds is 4. The molecule has 0 fully saturated rings. The van der Waals surface area contributed by atoms with Crippen molar-refractivity contribution >= 4 is 53.2 Å². The summed E-state index contributed by atoms with van der Waals surface area (Å²) in [5, 5.41) is 7.21. The van der Waals surface area contributed by atoms with Crippen molar-refractivity contribution < 1.29 is 0 Å². The van der Waals surface area contributed by atoms with E-state index in [0.717, 1.165) is 49.6 Å². The van der Waals surface area contributed by atoms with Gasteiger partial charge in [0.2, 0.25) is 0 Å². The van der Waals surface area contributed by atoms with E-state index in [9.17, 15) is 0 Å². The molecule has 0 saturated heterocycles. The minimum Gasteiger partial charge on any atom is -0.236 e. The maximum absolute atomic E-state index is 5.36. The van der Waals surface area contributed by atoms with Crippen molar-refractivity contribution in [2.24, 2.45) is 0 Å². The second-order valence-electron chi connectivity index (χ2n) is 14.8. The van der Waals surface area contributed by atoms with Gasteiger partial charge < -0.3 is 0 Å². The van der Waals surface area contributed by atoms with Crippen LogP contribution in [0.25, 0.3) is 98.1 Å². The number of hydrogen-bond acceptors (Lipinski definition) is 4. The van der Waals surface area contributed by atoms with Crippen LogP contribution in [-0.2, 0) is 5.41 Å². The summed E-state index contributed by atoms with van der Waals surface area (Å²) in [5.74, 6) is 0.714. The van der Waals surface area contributed by atoms with Crippen LogP contribution >= 0.6 is 11.3 Å². The predicted molar refractivity (Wildman–Crippen MR) is 227 cm³/mol. The smallest absolute Gasteiger partial charge is 0.160 e. The maximum Gasteiger partial charge on any atom is 0.160 e. The van der Waals surface area contributed by atoms with Gasteiger partial charge in [0.15, 0.2) is 5.82 Å². The Hall–Kier alpha value is -6.49. The molecule has 3 nitrogen and oxygen atoms in total. The van der Waals surface area contributed by atoms with E-state index in [1.807, 2.05) is 0 Å². The third-order valence-electron chi connectivity index (χ3n) is 11.3. The lowest BCUT2D eigenvalue weighted by atomic mass is 9.82. The molecule has 0 N–H and O–H groups in total. The van der Waals surface area contributed by atoms with E-state index >= 15 is 0 Å². The van der Waals surface area contributed by atoms with Gasteiger partial charge in [-0.05, 0) is 62.7 Å². The Bertz CT molecular complexity index is 3150. The molecular weight excluding hydrogens is 675 g/mol. The third kappa shape index (κ3) is 4.70. The Labute approximate surface area is 317 Å². The lowest BCUT2D eigenvalue weighted by molar-refractivity contribution is 0.660. The van der Waals surface area contributed by atoms with Gasteiger partial charge in [-0.25, -0.2) is 15.0 Å². The predicted octanol–water partition coefficient (Wildman–Crippen LogP) is 13.5. The molecule has 3 aromatic heterocycles. The molecule has 254 valence electrons. The molecule has 1 aliphatic rings. The average molecular weight is 708 g/mol. The summed E-state index contributed by atoms with van der Waals surface area (Å²) in [6, 6.07) is 58.7. The molecule has 10 aromatic rings. The van der Waals surface area contributed by atoms with E-state index in [-0.39, 0.29) is 5.41 Å². The first-order valence-electron chi connectivity index (χ1n) is 18.4. The highest BCUT2D eigenvalue weighted by atomic mass is 32.1. The summed E-state index contributed by atoms with van der Waals surface area (Å²) >= 11 is 1.76. The van der Waals surface area contributed by atoms with E-state index in [1.165, 1.54) is 53.9 Å². The third-order valence-corrected chi connectivity index (χ3v) is 12.4. The minimum absolute atomic E-state index is 0.127. The second-order valence-corrected chi connectivity index (χ2v) is 15.8. The van der Waals surface area contributed by atoms with Gasteiger partial charge >= 0.3 is 0 Å². The number of hydrogen-bond donors (Lipinski definition) is 0. The topological polar surface area (TPSA) is 38.7 Å². The van der Waals surface area contributed by atoms with Gasteiger partial charge in [-0.1, -0.05) is 153 Å². The monoisotopic (exact) mass is 707 g/mol. The molecule has 0 spiro atoms. The van der Waals surface area contributed by atoms with Gasteiger partial charge in [-0.15, -0.1) is 11.3 Å². The molecule has 11 rings (SSSR count). The molecule has 0 unspecified atom stereocenters. The highest BCUT2D eigenvalue weighted by molar-refractivity contribution is 7.25. The molecule has 0 atom stereocenters. The van der Waals surface area contributed by atoms with Crippen molar-refractivity contribution in [3.63, 3.8) is 0 Å². The molecule has 1 aliphatic carbocycles. The van der Waals surface area contributed by atoms with Crippen LogP contribution < -0.4 is 0 Å². The van der Waals surface area contributed by atoms with Crippen molar-refractivity contribution in [2.45, 2.75) is 19.3 Å². The average Bonchev–Trinajstić information content (AvgIpc) is 3.72. The molecule has 0 saturated carbocycles. The lowest BCUT2D eigenvalue weighted by Crippen LogP contribution is -2.15. The normalized spacial score (nSPS) is 13.1. The van der Waals surface area contributed by atoms with E-state index in [2.05, 4.69) is 178 Å². The van der Waals surface area contributed by atoms with E-state index in [4.69, 9.17) is 15.0 Å². The van der Waals surface area contributed by atoms with Crippen LogP contribution in [0.15, 0.2) is 164 Å². The van der Waals surface area contributed by atoms with Crippen LogP contribution in [0.1, 0.15) is 25.0 Å². The molecule has 54 heavy (non-hydrogen) atoms. The van der Waals surface area contributed by atoms with Crippen LogP contribution in [0.4, 0.5) is 0 Å². The fourth-order valence-electron chi connectivity index (χ4n) is 8.64. The molecule has 3 heterocycles. The zero-order valence-corrected chi connectivity index (χ0v) is 30.7. The highest BCUT2D eigenvalue weighted by Crippen LogP contribution is 2.49. The van der Waals surface area contributed by atoms with E-state index in [1.54, 1.807) is 11.3 Å². The first-order valence-corrected chi connectivity index (χ1v) is 19.3. The van der Waals surface area contributed by atoms with Crippen molar-refractivity contribution in [2.75, 3.05) is 0 Å². The fourth-order valence-corrected chi connectivity index (χ4v) is 9.74. The molecule has 0 amide bonds. The van der Waals surface area contributed by atoms with E-state index < -0.39 is 0 Å². The van der Waals surface area contributed by atoms with Gasteiger partial charge in [0, 0.05) is 48.5 Å². The van der Waals surface area contributed by atoms with E-state index in [0.29, 0.717) is 5.82 Å². The minimum atomic E-state index is -0.127. The van der Waals surface area contributed by atoms with Crippen LogP contribution in [0.2, 0.25) is 0 Å². The Kier molecular flexibility index (Phi) is 6.77. The number of pyridine rings is 1. The number of aromatic nitrogens is 3. The molecular formula is C50H33N3S. The van der Waals surface area contributed by atoms with Crippen LogP contribution in [-0.4, -0.2) is 15.0 Å². The first kappa shape index (κ1) is 31.1. The van der Waals surface area contributed by atoms with Crippen molar-refractivity contribution in [3.05, 3.63) is 175 Å². The SMILES string of the molecule is CC1(C)c2ccccc2-c2ccc(-c3nc(-c4cccc(-c5nc6sc7ccccc7c6c6ccccc56)c4)cc(-c4cccc5ccccc45)n3)cc21. The maximum atomic E-state index is 5.36. The number of fused-ring (bicyclic) bond motifs is 9. The first-order chi connectivity index (χ1) is 26.5. The van der Waals surface area contributed by atoms with Crippen LogP contribution in [0.3, 0.4) is 0 Å². The van der Waals surface area contributed by atoms with Gasteiger partial charge in [0.25, 0.3) is 0 Å². The quantitative estimate of drug-likeness (QED) is 0.183. The number of nitrogens with zero attached hydrogens (tertiary/aromatic N) is 3. The summed E-state index contributed by atoms with van der Waals surface area (Å²) in [7, 11) is 0. The zero-order chi connectivity index (χ0) is 36.0. The van der Waals surface area contributed by atoms with Gasteiger partial charge in [-0.3, -0.25) is 0 Å². The van der Waals surface area contributed by atoms with Crippen molar-refractivity contribution in [3.8, 4) is 56.3 Å². The number of thiophene rings is 1. The summed E-state index contributed by atoms with van der Waals surface area (Å²) in [4.78, 5) is 17.1. The number of benzene rings is 7. The Morgan fingerprint density at radius 1 is 0.444 bits per heavy atom. The molecule has 0 bridgehead atoms. The Morgan fingerprint density at radius 3 is 2.02 bits per heavy atom. The van der Waals surface area contributed by atoms with Crippen molar-refractivity contribution in [1.29, 1.82) is 0 Å². The Morgan fingerprint density at radius 2 is 1.11 bits per heavy atom. The molecule has 0 radical (unpaired) electrons. The van der Waals surface area contributed by atoms with Gasteiger partial charge in [0.1, 0.15) is 4.83 Å². The van der Waals surface area contributed by atoms with Gasteiger partial charge in [0.05, 0.1) is 17.1 Å². The van der Waals surface area contributed by atoms with Gasteiger partial charge in [-0.2, -0.15) is 0 Å². The van der Waals surface area contributed by atoms with Crippen LogP contribution in [0, 0.1) is 0 Å². The second kappa shape index (κ2) is 11.8. The fraction of sp³-hybridized carbons (Fsp3) is 0.0600. The largest absolute Gasteiger partial charge is 0.236 e. The molecule has 7 aromatic carbocycles. The van der Waals surface area contributed by atoms with Crippen LogP contribution in [0.5, 0.6) is 0 Å². The summed E-state index contributed by atoms with van der Waals surface area (Å²) in [5.41, 5.74) is 12.1. The standard InChI is InChI=1S/C50H33N3S/c1-50(2)41-23-9-7-18-35(41)36-26-25-33(28-42(36)50)48-51-43(29-44(52-48)37-22-12-14-30-13-3-4-17-34(30)37)31-15-11-16-32(27-31)47-39-20-6-5-19-38(39)46-40-21-8-10-24-45(40)54-49(46)53-47/h3-29H,1-2H3. The molecule has 0 aliphatic heterocycles. The lowest BCUT2D eigenvalue weighted by Gasteiger charge is -2.22. The summed E-state index contributed by atoms with van der Waals surface area (Å²) in [6.45, 7) is 4.64. The highest BCUT2D eigenvalue weighted by Gasteiger charge is 2.35. The summed E-state index contributed by atoms with van der Waals surface area (Å²) < 4.78 is 1.25. The summed E-state index contributed by atoms with van der Waals surface area (Å²) in [6.07, 6.45) is 0. The molecule has 4 heteroatoms. The zero-order valence-electron chi connectivity index (χ0n) is 29.8.